The van der Waals surface area contributed by atoms with Crippen LogP contribution in [0.3, 0.4) is 0 Å². The van der Waals surface area contributed by atoms with Gasteiger partial charge in [0, 0.05) is 14.5 Å². The second-order valence-electron chi connectivity index (χ2n) is 9.17. The van der Waals surface area contributed by atoms with Crippen LogP contribution in [0, 0.1) is 13.8 Å². The SMILES string of the molecule is CCOC1(C(C)(C)Oc2ccc(CCCc3nc4cc(C)c(C)cc4[nH]3)cc2)CC1.[HH]. The lowest BCUT2D eigenvalue weighted by molar-refractivity contribution is -0.0891. The number of hydrogen-bond acceptors (Lipinski definition) is 3. The highest BCUT2D eigenvalue weighted by Gasteiger charge is 2.57. The zero-order valence-corrected chi connectivity index (χ0v) is 19.0. The van der Waals surface area contributed by atoms with E-state index in [0.717, 1.165) is 61.3 Å². The number of aromatic nitrogens is 2. The minimum absolute atomic E-state index is 0. The van der Waals surface area contributed by atoms with Gasteiger partial charge in [-0.2, -0.15) is 0 Å². The van der Waals surface area contributed by atoms with Gasteiger partial charge < -0.3 is 14.5 Å². The summed E-state index contributed by atoms with van der Waals surface area (Å²) < 4.78 is 12.3. The summed E-state index contributed by atoms with van der Waals surface area (Å²) >= 11 is 0. The Morgan fingerprint density at radius 2 is 1.77 bits per heavy atom. The molecule has 0 aliphatic heterocycles. The molecule has 1 heterocycles. The molecule has 4 nitrogen and oxygen atoms in total. The van der Waals surface area contributed by atoms with E-state index in [0.29, 0.717) is 0 Å². The van der Waals surface area contributed by atoms with Crippen molar-refractivity contribution >= 4 is 11.0 Å². The van der Waals surface area contributed by atoms with E-state index < -0.39 is 0 Å². The van der Waals surface area contributed by atoms with Gasteiger partial charge >= 0.3 is 0 Å². The van der Waals surface area contributed by atoms with Crippen molar-refractivity contribution in [3.05, 3.63) is 58.9 Å². The first kappa shape index (κ1) is 20.9. The van der Waals surface area contributed by atoms with Gasteiger partial charge in [-0.3, -0.25) is 0 Å². The number of rotatable bonds is 9. The average Bonchev–Trinajstić information content (AvgIpc) is 3.39. The first-order valence-corrected chi connectivity index (χ1v) is 11.2. The quantitative estimate of drug-likeness (QED) is 0.450. The molecule has 0 amide bonds. The lowest BCUT2D eigenvalue weighted by Crippen LogP contribution is -2.45. The highest BCUT2D eigenvalue weighted by Crippen LogP contribution is 2.49. The maximum absolute atomic E-state index is 6.32. The number of imidazole rings is 1. The van der Waals surface area contributed by atoms with Crippen LogP contribution in [0.2, 0.25) is 0 Å². The second-order valence-corrected chi connectivity index (χ2v) is 9.17. The van der Waals surface area contributed by atoms with Crippen LogP contribution in [0.4, 0.5) is 0 Å². The second kappa shape index (κ2) is 8.07. The molecule has 1 aliphatic carbocycles. The van der Waals surface area contributed by atoms with Gasteiger partial charge in [0.05, 0.1) is 11.0 Å². The zero-order chi connectivity index (χ0) is 21.4. The molecule has 2 aromatic carbocycles. The van der Waals surface area contributed by atoms with E-state index in [1.54, 1.807) is 0 Å². The van der Waals surface area contributed by atoms with E-state index in [2.05, 4.69) is 76.0 Å². The summed E-state index contributed by atoms with van der Waals surface area (Å²) in [6, 6.07) is 12.9. The Kier molecular flexibility index (Phi) is 5.63. The number of aromatic amines is 1. The number of hydrogen-bond donors (Lipinski definition) is 1. The monoisotopic (exact) mass is 408 g/mol. The molecule has 1 aliphatic rings. The third-order valence-electron chi connectivity index (χ3n) is 6.54. The fourth-order valence-corrected chi connectivity index (χ4v) is 4.32. The number of benzene rings is 2. The molecule has 0 bridgehead atoms. The first-order valence-electron chi connectivity index (χ1n) is 11.2. The maximum atomic E-state index is 6.32. The molecule has 0 saturated heterocycles. The van der Waals surface area contributed by atoms with Crippen LogP contribution in [-0.4, -0.2) is 27.8 Å². The van der Waals surface area contributed by atoms with Crippen LogP contribution in [0.5, 0.6) is 5.75 Å². The summed E-state index contributed by atoms with van der Waals surface area (Å²) in [6.45, 7) is 11.3. The number of nitrogens with one attached hydrogen (secondary N) is 1. The first-order chi connectivity index (χ1) is 14.3. The van der Waals surface area contributed by atoms with Crippen molar-refractivity contribution in [3.63, 3.8) is 0 Å². The van der Waals surface area contributed by atoms with Crippen molar-refractivity contribution in [2.24, 2.45) is 0 Å². The van der Waals surface area contributed by atoms with Gasteiger partial charge in [-0.25, -0.2) is 4.98 Å². The van der Waals surface area contributed by atoms with E-state index in [9.17, 15) is 0 Å². The van der Waals surface area contributed by atoms with Crippen molar-refractivity contribution in [1.82, 2.24) is 9.97 Å². The van der Waals surface area contributed by atoms with Crippen molar-refractivity contribution in [1.29, 1.82) is 0 Å². The summed E-state index contributed by atoms with van der Waals surface area (Å²) in [6.07, 6.45) is 5.20. The lowest BCUT2D eigenvalue weighted by Gasteiger charge is -2.35. The number of ether oxygens (including phenoxy) is 2. The van der Waals surface area contributed by atoms with Crippen LogP contribution < -0.4 is 4.74 Å². The normalized spacial score (nSPS) is 15.5. The lowest BCUT2D eigenvalue weighted by atomic mass is 9.98. The number of aryl methyl sites for hydroxylation is 4. The standard InChI is InChI=1S/C26H34N2O2.H2/c1-6-29-26(14-15-26)25(4,5)30-21-12-10-20(11-13-21)8-7-9-24-27-22-16-18(2)19(3)17-23(22)28-24;/h10-13,16-17H,6-9,14-15H2,1-5H3,(H,27,28);1H. The van der Waals surface area contributed by atoms with Crippen LogP contribution in [-0.2, 0) is 17.6 Å². The smallest absolute Gasteiger partial charge is 0.132 e. The van der Waals surface area contributed by atoms with Gasteiger partial charge in [0.15, 0.2) is 0 Å². The molecule has 4 rings (SSSR count). The molecule has 3 aromatic rings. The third kappa shape index (κ3) is 4.24. The molecule has 30 heavy (non-hydrogen) atoms. The number of nitrogens with zero attached hydrogens (tertiary/aromatic N) is 1. The molecule has 0 radical (unpaired) electrons. The van der Waals surface area contributed by atoms with Crippen LogP contribution in [0.25, 0.3) is 11.0 Å². The molecular formula is C26H36N2O2. The van der Waals surface area contributed by atoms with E-state index in [-0.39, 0.29) is 12.6 Å². The molecular weight excluding hydrogens is 372 g/mol. The molecule has 4 heteroatoms. The van der Waals surface area contributed by atoms with Crippen LogP contribution in [0.15, 0.2) is 36.4 Å². The van der Waals surface area contributed by atoms with Crippen molar-refractivity contribution in [2.75, 3.05) is 6.61 Å². The number of H-pyrrole nitrogens is 1. The zero-order valence-electron chi connectivity index (χ0n) is 19.0. The molecule has 1 aromatic heterocycles. The average molecular weight is 409 g/mol. The largest absolute Gasteiger partial charge is 0.485 e. The van der Waals surface area contributed by atoms with E-state index >= 15 is 0 Å². The summed E-state index contributed by atoms with van der Waals surface area (Å²) in [5, 5.41) is 0. The molecule has 0 unspecified atom stereocenters. The van der Waals surface area contributed by atoms with Crippen molar-refractivity contribution in [3.8, 4) is 5.75 Å². The predicted octanol–water partition coefficient (Wildman–Crippen LogP) is 6.33. The minimum Gasteiger partial charge on any atom is -0.485 e. The maximum Gasteiger partial charge on any atom is 0.132 e. The van der Waals surface area contributed by atoms with E-state index in [1.807, 2.05) is 0 Å². The fourth-order valence-electron chi connectivity index (χ4n) is 4.32. The van der Waals surface area contributed by atoms with Gasteiger partial charge in [0.1, 0.15) is 22.8 Å². The van der Waals surface area contributed by atoms with Gasteiger partial charge in [0.2, 0.25) is 0 Å². The van der Waals surface area contributed by atoms with Crippen LogP contribution in [0.1, 0.15) is 64.0 Å². The molecule has 1 fully saturated rings. The number of fused-ring (bicyclic) bond motifs is 1. The van der Waals surface area contributed by atoms with E-state index in [1.165, 1.54) is 16.7 Å². The Morgan fingerprint density at radius 3 is 2.43 bits per heavy atom. The summed E-state index contributed by atoms with van der Waals surface area (Å²) in [5.74, 6) is 1.99. The van der Waals surface area contributed by atoms with Crippen molar-refractivity contribution < 1.29 is 10.9 Å². The Balaban J connectivity index is 0.00000272. The fraction of sp³-hybridized carbons (Fsp3) is 0.500. The Bertz CT molecular complexity index is 981. The topological polar surface area (TPSA) is 47.1 Å². The predicted molar refractivity (Wildman–Crippen MR) is 124 cm³/mol. The summed E-state index contributed by atoms with van der Waals surface area (Å²) in [7, 11) is 0. The Morgan fingerprint density at radius 1 is 1.07 bits per heavy atom. The highest BCUT2D eigenvalue weighted by atomic mass is 16.6. The molecule has 0 atom stereocenters. The molecule has 0 spiro atoms. The van der Waals surface area contributed by atoms with Gasteiger partial charge in [-0.05, 0) is 101 Å². The molecule has 1 saturated carbocycles. The summed E-state index contributed by atoms with van der Waals surface area (Å²) in [4.78, 5) is 8.23. The van der Waals surface area contributed by atoms with Gasteiger partial charge in [-0.15, -0.1) is 0 Å². The van der Waals surface area contributed by atoms with Gasteiger partial charge in [-0.1, -0.05) is 12.1 Å². The Hall–Kier alpha value is -2.33. The van der Waals surface area contributed by atoms with Gasteiger partial charge in [0.25, 0.3) is 0 Å². The third-order valence-corrected chi connectivity index (χ3v) is 6.54. The van der Waals surface area contributed by atoms with Crippen LogP contribution >= 0.6 is 0 Å². The molecule has 1 N–H and O–H groups in total. The highest BCUT2D eigenvalue weighted by molar-refractivity contribution is 5.77. The minimum atomic E-state index is -0.317. The molecule has 162 valence electrons. The summed E-state index contributed by atoms with van der Waals surface area (Å²) in [5.41, 5.74) is 5.69. The Labute approximate surface area is 181 Å². The van der Waals surface area contributed by atoms with E-state index in [4.69, 9.17) is 14.5 Å². The van der Waals surface area contributed by atoms with Crippen molar-refractivity contribution in [2.45, 2.75) is 77.9 Å².